The Morgan fingerprint density at radius 3 is 3.00 bits per heavy atom. The van der Waals surface area contributed by atoms with Crippen LogP contribution in [0.5, 0.6) is 0 Å². The zero-order chi connectivity index (χ0) is 11.5. The van der Waals surface area contributed by atoms with Gasteiger partial charge in [-0.05, 0) is 19.1 Å². The highest BCUT2D eigenvalue weighted by Gasteiger charge is 2.10. The highest BCUT2D eigenvalue weighted by Crippen LogP contribution is 1.99. The fourth-order valence-electron chi connectivity index (χ4n) is 1.37. The lowest BCUT2D eigenvalue weighted by Crippen LogP contribution is -2.25. The largest absolute Gasteiger partial charge is 0.353 e. The van der Waals surface area contributed by atoms with E-state index >= 15 is 0 Å². The Morgan fingerprint density at radius 1 is 1.62 bits per heavy atom. The number of carbonyl (C=O) groups is 1. The van der Waals surface area contributed by atoms with Crippen LogP contribution in [0.2, 0.25) is 0 Å². The predicted octanol–water partition coefficient (Wildman–Crippen LogP) is 0.382. The van der Waals surface area contributed by atoms with E-state index in [0.717, 1.165) is 5.69 Å². The lowest BCUT2D eigenvalue weighted by Gasteiger charge is -2.03. The summed E-state index contributed by atoms with van der Waals surface area (Å²) >= 11 is 0. The molecule has 0 aliphatic heterocycles. The van der Waals surface area contributed by atoms with E-state index in [-0.39, 0.29) is 11.7 Å². The van der Waals surface area contributed by atoms with Gasteiger partial charge in [0.1, 0.15) is 5.82 Å². The number of nitrogens with one attached hydrogen (secondary N) is 2. The Labute approximate surface area is 92.7 Å². The molecule has 6 nitrogen and oxygen atoms in total. The summed E-state index contributed by atoms with van der Waals surface area (Å²) in [6.45, 7) is 2.22. The number of carbonyl (C=O) groups excluding carboxylic acids is 1. The molecule has 0 atom stereocenters. The van der Waals surface area contributed by atoms with Crippen LogP contribution >= 0.6 is 0 Å². The molecule has 0 saturated carbocycles. The maximum absolute atomic E-state index is 11.6. The maximum Gasteiger partial charge on any atom is 0.291 e. The molecule has 0 bridgehead atoms. The van der Waals surface area contributed by atoms with Gasteiger partial charge in [-0.1, -0.05) is 0 Å². The molecule has 2 N–H and O–H groups in total. The van der Waals surface area contributed by atoms with Crippen LogP contribution in [0.25, 0.3) is 0 Å². The molecule has 2 aromatic heterocycles. The lowest BCUT2D eigenvalue weighted by atomic mass is 10.4. The molecular weight excluding hydrogens is 206 g/mol. The number of nitrogens with zero attached hydrogens (tertiary/aromatic N) is 3. The average molecular weight is 219 g/mol. The number of hydrogen-bond acceptors (Lipinski definition) is 3. The second-order valence-electron chi connectivity index (χ2n) is 3.54. The zero-order valence-corrected chi connectivity index (χ0v) is 9.19. The molecule has 0 aliphatic carbocycles. The summed E-state index contributed by atoms with van der Waals surface area (Å²) in [5, 5.41) is 9.16. The Hall–Kier alpha value is -2.11. The van der Waals surface area contributed by atoms with E-state index in [4.69, 9.17) is 0 Å². The topological polar surface area (TPSA) is 75.6 Å². The van der Waals surface area contributed by atoms with Crippen molar-refractivity contribution in [3.8, 4) is 0 Å². The van der Waals surface area contributed by atoms with Crippen molar-refractivity contribution >= 4 is 5.91 Å². The minimum Gasteiger partial charge on any atom is -0.353 e. The number of hydrogen-bond donors (Lipinski definition) is 2. The Bertz CT molecular complexity index is 499. The number of aryl methyl sites for hydroxylation is 2. The molecule has 6 heteroatoms. The van der Waals surface area contributed by atoms with Crippen molar-refractivity contribution in [2.24, 2.45) is 7.05 Å². The summed E-state index contributed by atoms with van der Waals surface area (Å²) < 4.78 is 1.95. The van der Waals surface area contributed by atoms with Crippen molar-refractivity contribution in [3.05, 3.63) is 35.7 Å². The van der Waals surface area contributed by atoms with Gasteiger partial charge in [0.05, 0.1) is 6.54 Å². The van der Waals surface area contributed by atoms with E-state index in [1.54, 1.807) is 6.92 Å². The lowest BCUT2D eigenvalue weighted by molar-refractivity contribution is 0.0940. The summed E-state index contributed by atoms with van der Waals surface area (Å²) in [7, 11) is 1.93. The van der Waals surface area contributed by atoms with Crippen LogP contribution in [0.15, 0.2) is 18.3 Å². The Kier molecular flexibility index (Phi) is 2.72. The number of amides is 1. The van der Waals surface area contributed by atoms with Gasteiger partial charge in [0.15, 0.2) is 0 Å². The second-order valence-corrected chi connectivity index (χ2v) is 3.54. The van der Waals surface area contributed by atoms with E-state index < -0.39 is 0 Å². The predicted molar refractivity (Wildman–Crippen MR) is 57.7 cm³/mol. The zero-order valence-electron chi connectivity index (χ0n) is 9.19. The summed E-state index contributed by atoms with van der Waals surface area (Å²) in [4.78, 5) is 15.5. The van der Waals surface area contributed by atoms with Crippen molar-refractivity contribution in [1.29, 1.82) is 0 Å². The third kappa shape index (κ3) is 2.10. The normalized spacial score (nSPS) is 10.4. The minimum atomic E-state index is -0.273. The first kappa shape index (κ1) is 10.4. The molecule has 84 valence electrons. The molecule has 0 aliphatic rings. The molecule has 16 heavy (non-hydrogen) atoms. The number of rotatable bonds is 3. The number of aromatic nitrogens is 4. The van der Waals surface area contributed by atoms with Gasteiger partial charge in [-0.25, -0.2) is 4.98 Å². The van der Waals surface area contributed by atoms with Crippen molar-refractivity contribution < 1.29 is 4.79 Å². The first-order valence-electron chi connectivity index (χ1n) is 4.94. The quantitative estimate of drug-likeness (QED) is 0.783. The van der Waals surface area contributed by atoms with Gasteiger partial charge in [-0.2, -0.15) is 0 Å². The van der Waals surface area contributed by atoms with Crippen LogP contribution in [-0.4, -0.2) is 25.7 Å². The van der Waals surface area contributed by atoms with Crippen molar-refractivity contribution in [2.45, 2.75) is 13.5 Å². The van der Waals surface area contributed by atoms with Crippen LogP contribution in [-0.2, 0) is 13.6 Å². The van der Waals surface area contributed by atoms with Crippen LogP contribution in [0.1, 0.15) is 22.1 Å². The standard InChI is InChI=1S/C10H13N5O/c1-7-12-9(14-13-7)10(16)11-6-8-4-3-5-15(8)2/h3-5H,6H2,1-2H3,(H,11,16)(H,12,13,14). The van der Waals surface area contributed by atoms with Gasteiger partial charge >= 0.3 is 0 Å². The van der Waals surface area contributed by atoms with E-state index in [9.17, 15) is 4.79 Å². The molecule has 0 aromatic carbocycles. The smallest absolute Gasteiger partial charge is 0.291 e. The first-order chi connectivity index (χ1) is 7.66. The number of aromatic amines is 1. The van der Waals surface area contributed by atoms with E-state index in [0.29, 0.717) is 12.4 Å². The van der Waals surface area contributed by atoms with Gasteiger partial charge in [0, 0.05) is 18.9 Å². The molecule has 2 rings (SSSR count). The van der Waals surface area contributed by atoms with Crippen LogP contribution < -0.4 is 5.32 Å². The number of H-pyrrole nitrogens is 1. The van der Waals surface area contributed by atoms with E-state index in [1.165, 1.54) is 0 Å². The Morgan fingerprint density at radius 2 is 2.44 bits per heavy atom. The molecule has 2 aromatic rings. The van der Waals surface area contributed by atoms with Gasteiger partial charge in [-0.15, -0.1) is 5.10 Å². The monoisotopic (exact) mass is 219 g/mol. The summed E-state index contributed by atoms with van der Waals surface area (Å²) in [5.41, 5.74) is 1.03. The highest BCUT2D eigenvalue weighted by molar-refractivity contribution is 5.90. The molecule has 2 heterocycles. The molecule has 0 unspecified atom stereocenters. The van der Waals surface area contributed by atoms with Crippen LogP contribution in [0, 0.1) is 6.92 Å². The van der Waals surface area contributed by atoms with Gasteiger partial charge < -0.3 is 9.88 Å². The summed E-state index contributed by atoms with van der Waals surface area (Å²) in [6.07, 6.45) is 1.93. The molecule has 0 saturated heterocycles. The molecular formula is C10H13N5O. The Balaban J connectivity index is 1.96. The van der Waals surface area contributed by atoms with Crippen molar-refractivity contribution in [3.63, 3.8) is 0 Å². The average Bonchev–Trinajstić information content (AvgIpc) is 2.84. The van der Waals surface area contributed by atoms with Gasteiger partial charge in [0.2, 0.25) is 5.82 Å². The van der Waals surface area contributed by atoms with E-state index in [2.05, 4.69) is 20.5 Å². The molecule has 0 fully saturated rings. The molecule has 1 amide bonds. The van der Waals surface area contributed by atoms with E-state index in [1.807, 2.05) is 29.9 Å². The molecule has 0 radical (unpaired) electrons. The fourth-order valence-corrected chi connectivity index (χ4v) is 1.37. The highest BCUT2D eigenvalue weighted by atomic mass is 16.2. The van der Waals surface area contributed by atoms with Crippen LogP contribution in [0.3, 0.4) is 0 Å². The van der Waals surface area contributed by atoms with Gasteiger partial charge in [0.25, 0.3) is 5.91 Å². The van der Waals surface area contributed by atoms with Crippen molar-refractivity contribution in [2.75, 3.05) is 0 Å². The first-order valence-corrected chi connectivity index (χ1v) is 4.94. The van der Waals surface area contributed by atoms with Crippen LogP contribution in [0.4, 0.5) is 0 Å². The maximum atomic E-state index is 11.6. The minimum absolute atomic E-state index is 0.173. The van der Waals surface area contributed by atoms with Gasteiger partial charge in [-0.3, -0.25) is 9.89 Å². The fraction of sp³-hybridized carbons (Fsp3) is 0.300. The second kappa shape index (κ2) is 4.18. The third-order valence-corrected chi connectivity index (χ3v) is 2.28. The summed E-state index contributed by atoms with van der Waals surface area (Å²) in [5.74, 6) is 0.529. The molecule has 0 spiro atoms. The van der Waals surface area contributed by atoms with Crippen molar-refractivity contribution in [1.82, 2.24) is 25.1 Å². The summed E-state index contributed by atoms with van der Waals surface area (Å²) in [6, 6.07) is 3.88. The third-order valence-electron chi connectivity index (χ3n) is 2.28. The SMILES string of the molecule is Cc1nc(C(=O)NCc2cccn2C)n[nH]1.